The molecule has 0 saturated carbocycles. The molecule has 128 valence electrons. The molecule has 0 unspecified atom stereocenters. The molecule has 0 saturated heterocycles. The molecule has 9 heteroatoms. The molecule has 0 aliphatic carbocycles. The molecule has 3 aromatic heterocycles. The lowest BCUT2D eigenvalue weighted by Crippen LogP contribution is -2.19. The van der Waals surface area contributed by atoms with E-state index in [1.165, 1.54) is 12.1 Å². The Morgan fingerprint density at radius 2 is 2.08 bits per heavy atom. The van der Waals surface area contributed by atoms with Crippen molar-refractivity contribution < 1.29 is 13.9 Å². The fraction of sp³-hybridized carbons (Fsp3) is 0.125. The van der Waals surface area contributed by atoms with Crippen molar-refractivity contribution >= 4 is 23.3 Å². The Morgan fingerprint density at radius 3 is 2.76 bits per heavy atom. The van der Waals surface area contributed by atoms with Crippen LogP contribution in [0.5, 0.6) is 5.88 Å². The molecule has 0 radical (unpaired) electrons. The normalized spacial score (nSPS) is 10.4. The van der Waals surface area contributed by atoms with E-state index in [9.17, 15) is 9.18 Å². The lowest BCUT2D eigenvalue weighted by Gasteiger charge is -2.11. The molecule has 3 aromatic rings. The zero-order valence-corrected chi connectivity index (χ0v) is 13.5. The van der Waals surface area contributed by atoms with Gasteiger partial charge in [-0.05, 0) is 31.2 Å². The standard InChI is InChI=1S/C16H15FN6O2/c1-10-3-5-13(21-12-8-19-23(2)9-12)15(20-10)25-16(24)22-14-6-4-11(17)7-18-14/h3-9,21H,1-2H3,(H,18,22,24). The first kappa shape index (κ1) is 16.4. The van der Waals surface area contributed by atoms with Gasteiger partial charge in [-0.25, -0.2) is 19.2 Å². The van der Waals surface area contributed by atoms with Gasteiger partial charge >= 0.3 is 6.09 Å². The van der Waals surface area contributed by atoms with Gasteiger partial charge in [0.25, 0.3) is 0 Å². The molecule has 0 aliphatic heterocycles. The summed E-state index contributed by atoms with van der Waals surface area (Å²) in [6.45, 7) is 1.78. The van der Waals surface area contributed by atoms with Crippen molar-refractivity contribution in [3.05, 3.63) is 54.4 Å². The number of nitrogens with zero attached hydrogens (tertiary/aromatic N) is 4. The van der Waals surface area contributed by atoms with E-state index in [1.54, 1.807) is 43.2 Å². The second-order valence-corrected chi connectivity index (χ2v) is 5.21. The lowest BCUT2D eigenvalue weighted by atomic mass is 10.3. The molecule has 25 heavy (non-hydrogen) atoms. The van der Waals surface area contributed by atoms with Crippen LogP contribution in [0, 0.1) is 12.7 Å². The molecule has 0 aliphatic rings. The van der Waals surface area contributed by atoms with Crippen molar-refractivity contribution in [2.45, 2.75) is 6.92 Å². The first-order valence-corrected chi connectivity index (χ1v) is 7.33. The maximum atomic E-state index is 12.8. The van der Waals surface area contributed by atoms with Gasteiger partial charge in [0.05, 0.1) is 18.1 Å². The van der Waals surface area contributed by atoms with Gasteiger partial charge in [-0.15, -0.1) is 0 Å². The molecule has 8 nitrogen and oxygen atoms in total. The molecule has 0 spiro atoms. The van der Waals surface area contributed by atoms with Crippen LogP contribution in [0.25, 0.3) is 0 Å². The molecular weight excluding hydrogens is 327 g/mol. The van der Waals surface area contributed by atoms with E-state index >= 15 is 0 Å². The van der Waals surface area contributed by atoms with E-state index in [4.69, 9.17) is 4.74 Å². The van der Waals surface area contributed by atoms with E-state index in [1.807, 2.05) is 0 Å². The van der Waals surface area contributed by atoms with Crippen molar-refractivity contribution in [1.82, 2.24) is 19.7 Å². The largest absolute Gasteiger partial charge is 0.419 e. The minimum absolute atomic E-state index is 0.100. The highest BCUT2D eigenvalue weighted by Crippen LogP contribution is 2.26. The third kappa shape index (κ3) is 4.28. The SMILES string of the molecule is Cc1ccc(Nc2cnn(C)c2)c(OC(=O)Nc2ccc(F)cn2)n1. The van der Waals surface area contributed by atoms with Crippen LogP contribution in [0.3, 0.4) is 0 Å². The molecule has 3 rings (SSSR count). The Hall–Kier alpha value is -3.49. The summed E-state index contributed by atoms with van der Waals surface area (Å²) in [5, 5.41) is 9.55. The van der Waals surface area contributed by atoms with E-state index < -0.39 is 11.9 Å². The summed E-state index contributed by atoms with van der Waals surface area (Å²) in [5.41, 5.74) is 1.90. The van der Waals surface area contributed by atoms with Crippen LogP contribution in [0.1, 0.15) is 5.69 Å². The number of anilines is 3. The van der Waals surface area contributed by atoms with Gasteiger partial charge in [0.1, 0.15) is 17.3 Å². The predicted octanol–water partition coefficient (Wildman–Crippen LogP) is 3.01. The Balaban J connectivity index is 1.75. The number of carbonyl (C=O) groups is 1. The van der Waals surface area contributed by atoms with Crippen LogP contribution in [0.15, 0.2) is 42.9 Å². The third-order valence-electron chi connectivity index (χ3n) is 3.13. The monoisotopic (exact) mass is 342 g/mol. The summed E-state index contributed by atoms with van der Waals surface area (Å²) in [6, 6.07) is 6.04. The molecule has 0 fully saturated rings. The van der Waals surface area contributed by atoms with Gasteiger partial charge in [-0.3, -0.25) is 10.00 Å². The van der Waals surface area contributed by atoms with E-state index in [2.05, 4.69) is 25.7 Å². The third-order valence-corrected chi connectivity index (χ3v) is 3.13. The number of nitrogens with one attached hydrogen (secondary N) is 2. The minimum atomic E-state index is -0.786. The minimum Gasteiger partial charge on any atom is -0.389 e. The molecule has 3 heterocycles. The van der Waals surface area contributed by atoms with Gasteiger partial charge in [0, 0.05) is 18.9 Å². The van der Waals surface area contributed by atoms with Crippen molar-refractivity contribution in [3.63, 3.8) is 0 Å². The van der Waals surface area contributed by atoms with Crippen LogP contribution < -0.4 is 15.4 Å². The topological polar surface area (TPSA) is 94.0 Å². The number of rotatable bonds is 4. The highest BCUT2D eigenvalue weighted by molar-refractivity contribution is 5.86. The smallest absolute Gasteiger partial charge is 0.389 e. The van der Waals surface area contributed by atoms with Crippen molar-refractivity contribution in [2.75, 3.05) is 10.6 Å². The average molecular weight is 342 g/mol. The van der Waals surface area contributed by atoms with E-state index in [0.717, 1.165) is 11.9 Å². The number of hydrogen-bond acceptors (Lipinski definition) is 6. The van der Waals surface area contributed by atoms with E-state index in [-0.39, 0.29) is 11.7 Å². The van der Waals surface area contributed by atoms with Gasteiger partial charge in [-0.2, -0.15) is 5.10 Å². The molecule has 0 bridgehead atoms. The second-order valence-electron chi connectivity index (χ2n) is 5.21. The summed E-state index contributed by atoms with van der Waals surface area (Å²) in [5.74, 6) is -0.230. The number of aryl methyl sites for hydroxylation is 2. The van der Waals surface area contributed by atoms with Crippen LogP contribution in [-0.2, 0) is 7.05 Å². The maximum absolute atomic E-state index is 12.8. The van der Waals surface area contributed by atoms with Crippen LogP contribution in [0.2, 0.25) is 0 Å². The zero-order valence-electron chi connectivity index (χ0n) is 13.5. The second kappa shape index (κ2) is 6.95. The Bertz CT molecular complexity index is 894. The average Bonchev–Trinajstić information content (AvgIpc) is 2.97. The van der Waals surface area contributed by atoms with Gasteiger partial charge < -0.3 is 10.1 Å². The number of carbonyl (C=O) groups excluding carboxylic acids is 1. The summed E-state index contributed by atoms with van der Waals surface area (Å²) in [7, 11) is 1.79. The van der Waals surface area contributed by atoms with Crippen molar-refractivity contribution in [1.29, 1.82) is 0 Å². The van der Waals surface area contributed by atoms with Gasteiger partial charge in [-0.1, -0.05) is 0 Å². The predicted molar refractivity (Wildman–Crippen MR) is 89.3 cm³/mol. The summed E-state index contributed by atoms with van der Waals surface area (Å²) in [4.78, 5) is 20.0. The quantitative estimate of drug-likeness (QED) is 0.757. The van der Waals surface area contributed by atoms with Crippen LogP contribution >= 0.6 is 0 Å². The maximum Gasteiger partial charge on any atom is 0.419 e. The fourth-order valence-corrected chi connectivity index (χ4v) is 2.01. The first-order chi connectivity index (χ1) is 12.0. The van der Waals surface area contributed by atoms with Crippen molar-refractivity contribution in [3.8, 4) is 5.88 Å². The number of amides is 1. The highest BCUT2D eigenvalue weighted by Gasteiger charge is 2.13. The number of halogens is 1. The zero-order chi connectivity index (χ0) is 17.8. The fourth-order valence-electron chi connectivity index (χ4n) is 2.01. The van der Waals surface area contributed by atoms with Gasteiger partial charge in [0.2, 0.25) is 5.88 Å². The Morgan fingerprint density at radius 1 is 1.24 bits per heavy atom. The van der Waals surface area contributed by atoms with Crippen molar-refractivity contribution in [2.24, 2.45) is 7.05 Å². The number of hydrogen-bond donors (Lipinski definition) is 2. The molecule has 0 aromatic carbocycles. The molecule has 1 amide bonds. The Kier molecular flexibility index (Phi) is 4.55. The summed E-state index contributed by atoms with van der Waals surface area (Å²) >= 11 is 0. The van der Waals surface area contributed by atoms with Crippen LogP contribution in [0.4, 0.5) is 26.4 Å². The highest BCUT2D eigenvalue weighted by atomic mass is 19.1. The molecule has 2 N–H and O–H groups in total. The lowest BCUT2D eigenvalue weighted by molar-refractivity contribution is 0.213. The Labute approximate surface area is 142 Å². The molecule has 0 atom stereocenters. The first-order valence-electron chi connectivity index (χ1n) is 7.33. The van der Waals surface area contributed by atoms with Gasteiger partial charge in [0.15, 0.2) is 0 Å². The van der Waals surface area contributed by atoms with E-state index in [0.29, 0.717) is 11.4 Å². The molecular formula is C16H15FN6O2. The summed E-state index contributed by atoms with van der Waals surface area (Å²) in [6.07, 6.45) is 3.61. The van der Waals surface area contributed by atoms with Crippen LogP contribution in [-0.4, -0.2) is 25.8 Å². The number of pyridine rings is 2. The summed E-state index contributed by atoms with van der Waals surface area (Å²) < 4.78 is 19.7. The number of aromatic nitrogens is 4. The number of ether oxygens (including phenoxy) is 1.